The molecule has 0 bridgehead atoms. The van der Waals surface area contributed by atoms with Crippen molar-refractivity contribution >= 4 is 40.9 Å². The van der Waals surface area contributed by atoms with E-state index in [-0.39, 0.29) is 57.8 Å². The lowest BCUT2D eigenvalue weighted by Crippen LogP contribution is -2.13. The smallest absolute Gasteiger partial charge is 0.416 e. The van der Waals surface area contributed by atoms with Gasteiger partial charge >= 0.3 is 41.9 Å². The second kappa shape index (κ2) is 20.7. The number of aromatic carboxylic acids is 4. The summed E-state index contributed by atoms with van der Waals surface area (Å²) >= 11 is 0. The number of ether oxygens (including phenoxy) is 3. The first-order valence-corrected chi connectivity index (χ1v) is 14.9. The fourth-order valence-electron chi connectivity index (χ4n) is 4.07. The SMILES string of the molecule is COc1cc([N+](=O)[O-])ccc1C(=O)O.COc1ccc([N+](=O)[O-])c(C(=O)O)c1.COc1cccc(C(=O)O)c1[N+](=O)[O-].O=C(O)c1cc(C(F)(F)F)cc(C(F)(F)F)c1. The van der Waals surface area contributed by atoms with Crippen LogP contribution in [0, 0.1) is 30.3 Å². The van der Waals surface area contributed by atoms with E-state index in [9.17, 15) is 75.9 Å². The molecular weight excluding hydrogens is 824 g/mol. The lowest BCUT2D eigenvalue weighted by atomic mass is 10.0. The predicted molar refractivity (Wildman–Crippen MR) is 183 cm³/mol. The Kier molecular flexibility index (Phi) is 17.2. The summed E-state index contributed by atoms with van der Waals surface area (Å²) in [6, 6.07) is 10.9. The Bertz CT molecular complexity index is 2200. The van der Waals surface area contributed by atoms with Gasteiger partial charge in [-0.1, -0.05) is 6.07 Å². The van der Waals surface area contributed by atoms with Crippen molar-refractivity contribution in [3.8, 4) is 17.2 Å². The summed E-state index contributed by atoms with van der Waals surface area (Å²) < 4.78 is 87.6. The molecule has 0 aliphatic carbocycles. The standard InChI is InChI=1S/C9H4F6O2.3C8H7NO5/c10-8(11,12)5-1-4(7(16)17)2-6(3-5)9(13,14)15;1-14-5-2-3-7(9(12)13)6(4-5)8(10)11;1-14-7-4-5(9(12)13)2-3-6(7)8(10)11;1-14-6-4-2-3-5(8(10)11)7(6)9(12)13/h1-3H,(H,16,17);3*2-4H,1H3,(H,10,11). The van der Waals surface area contributed by atoms with Gasteiger partial charge in [-0.3, -0.25) is 30.3 Å². The van der Waals surface area contributed by atoms with Crippen LogP contribution in [0.3, 0.4) is 0 Å². The maximum atomic E-state index is 12.2. The van der Waals surface area contributed by atoms with Crippen LogP contribution in [0.15, 0.2) is 72.8 Å². The second-order valence-corrected chi connectivity index (χ2v) is 10.4. The number of nitrogens with zero attached hydrogens (tertiary/aromatic N) is 3. The van der Waals surface area contributed by atoms with E-state index >= 15 is 0 Å². The molecule has 0 fully saturated rings. The van der Waals surface area contributed by atoms with Crippen molar-refractivity contribution in [2.45, 2.75) is 12.4 Å². The number of carboxylic acids is 4. The van der Waals surface area contributed by atoms with Gasteiger partial charge in [0.1, 0.15) is 28.2 Å². The van der Waals surface area contributed by atoms with Gasteiger partial charge in [0.2, 0.25) is 0 Å². The quantitative estimate of drug-likeness (QED) is 0.0689. The number of benzene rings is 4. The minimum atomic E-state index is -5.04. The van der Waals surface area contributed by atoms with E-state index in [4.69, 9.17) is 34.6 Å². The normalized spacial score (nSPS) is 10.4. The first-order valence-electron chi connectivity index (χ1n) is 14.9. The summed E-state index contributed by atoms with van der Waals surface area (Å²) in [5.74, 6) is -5.56. The van der Waals surface area contributed by atoms with E-state index in [1.54, 1.807) is 0 Å². The largest absolute Gasteiger partial charge is 0.497 e. The summed E-state index contributed by atoms with van der Waals surface area (Å²) in [6.07, 6.45) is -10.1. The Morgan fingerprint density at radius 2 is 1.05 bits per heavy atom. The Balaban J connectivity index is 0.000000395. The van der Waals surface area contributed by atoms with Gasteiger partial charge in [0.25, 0.3) is 11.4 Å². The fraction of sp³-hybridized carbons (Fsp3) is 0.152. The van der Waals surface area contributed by atoms with E-state index in [1.165, 1.54) is 39.5 Å². The summed E-state index contributed by atoms with van der Waals surface area (Å²) in [6.45, 7) is 0. The molecule has 4 aromatic carbocycles. The van der Waals surface area contributed by atoms with Crippen LogP contribution in [-0.2, 0) is 12.4 Å². The highest BCUT2D eigenvalue weighted by Gasteiger charge is 2.37. The molecule has 0 aromatic heterocycles. The highest BCUT2D eigenvalue weighted by Crippen LogP contribution is 2.36. The first kappa shape index (κ1) is 49.0. The van der Waals surface area contributed by atoms with Crippen LogP contribution >= 0.6 is 0 Å². The number of nitro benzene ring substituents is 3. The number of non-ortho nitro benzene ring substituents is 1. The summed E-state index contributed by atoms with van der Waals surface area (Å²) in [5.41, 5.74) is -6.39. The van der Waals surface area contributed by atoms with E-state index in [0.717, 1.165) is 36.4 Å². The number of carbonyl (C=O) groups is 4. The van der Waals surface area contributed by atoms with Gasteiger partial charge in [0.15, 0.2) is 5.75 Å². The minimum Gasteiger partial charge on any atom is -0.497 e. The number of methoxy groups -OCH3 is 3. The Morgan fingerprint density at radius 1 is 0.542 bits per heavy atom. The van der Waals surface area contributed by atoms with E-state index in [0.29, 0.717) is 0 Å². The van der Waals surface area contributed by atoms with Gasteiger partial charge in [-0.05, 0) is 42.5 Å². The molecule has 26 heteroatoms. The average molecular weight is 850 g/mol. The molecule has 0 aliphatic heterocycles. The monoisotopic (exact) mass is 849 g/mol. The third kappa shape index (κ3) is 14.2. The Hall–Kier alpha value is -8.06. The topological polar surface area (TPSA) is 306 Å². The fourth-order valence-corrected chi connectivity index (χ4v) is 4.07. The summed E-state index contributed by atoms with van der Waals surface area (Å²) in [7, 11) is 3.85. The molecule has 20 nitrogen and oxygen atoms in total. The van der Waals surface area contributed by atoms with Crippen molar-refractivity contribution in [3.05, 3.63) is 137 Å². The molecule has 4 N–H and O–H groups in total. The van der Waals surface area contributed by atoms with Crippen LogP contribution in [0.4, 0.5) is 43.4 Å². The van der Waals surface area contributed by atoms with E-state index in [1.807, 2.05) is 0 Å². The lowest BCUT2D eigenvalue weighted by Gasteiger charge is -2.12. The predicted octanol–water partition coefficient (Wildman–Crippen LogP) is 7.33. The third-order valence-electron chi connectivity index (χ3n) is 6.72. The molecule has 0 radical (unpaired) electrons. The van der Waals surface area contributed by atoms with E-state index in [2.05, 4.69) is 0 Å². The van der Waals surface area contributed by atoms with Crippen LogP contribution in [-0.4, -0.2) is 80.4 Å². The third-order valence-corrected chi connectivity index (χ3v) is 6.72. The zero-order chi connectivity index (χ0) is 45.6. The van der Waals surface area contributed by atoms with Gasteiger partial charge in [-0.2, -0.15) is 26.3 Å². The van der Waals surface area contributed by atoms with Gasteiger partial charge in [-0.15, -0.1) is 0 Å². The van der Waals surface area contributed by atoms with Crippen molar-refractivity contribution in [1.29, 1.82) is 0 Å². The summed E-state index contributed by atoms with van der Waals surface area (Å²) in [4.78, 5) is 71.5. The highest BCUT2D eigenvalue weighted by atomic mass is 19.4. The maximum Gasteiger partial charge on any atom is 0.416 e. The molecule has 0 aliphatic rings. The zero-order valence-corrected chi connectivity index (χ0v) is 29.6. The van der Waals surface area contributed by atoms with Gasteiger partial charge in [0, 0.05) is 18.2 Å². The number of rotatable bonds is 10. The van der Waals surface area contributed by atoms with Crippen LogP contribution in [0.2, 0.25) is 0 Å². The first-order chi connectivity index (χ1) is 27.2. The van der Waals surface area contributed by atoms with Crippen molar-refractivity contribution < 1.29 is 94.9 Å². The van der Waals surface area contributed by atoms with Gasteiger partial charge in [-0.25, -0.2) is 19.2 Å². The van der Waals surface area contributed by atoms with Crippen LogP contribution in [0.5, 0.6) is 17.2 Å². The maximum absolute atomic E-state index is 12.2. The molecular formula is C33H25F6N3O17. The van der Waals surface area contributed by atoms with Crippen molar-refractivity contribution in [2.75, 3.05) is 21.3 Å². The molecule has 0 saturated carbocycles. The average Bonchev–Trinajstić information content (AvgIpc) is 3.16. The number of carboxylic acid groups (broad SMARTS) is 4. The molecule has 0 amide bonds. The van der Waals surface area contributed by atoms with Crippen LogP contribution in [0.1, 0.15) is 52.6 Å². The number of alkyl halides is 6. The van der Waals surface area contributed by atoms with Gasteiger partial charge in [0.05, 0.1) is 58.9 Å². The molecule has 4 rings (SSSR count). The van der Waals surface area contributed by atoms with Crippen molar-refractivity contribution in [3.63, 3.8) is 0 Å². The molecule has 0 atom stereocenters. The molecule has 0 unspecified atom stereocenters. The van der Waals surface area contributed by atoms with Crippen LogP contribution in [0.25, 0.3) is 0 Å². The zero-order valence-electron chi connectivity index (χ0n) is 29.6. The molecule has 0 spiro atoms. The van der Waals surface area contributed by atoms with E-state index < -0.39 is 79.1 Å². The molecule has 0 heterocycles. The van der Waals surface area contributed by atoms with Crippen molar-refractivity contribution in [1.82, 2.24) is 0 Å². The lowest BCUT2D eigenvalue weighted by molar-refractivity contribution is -0.386. The summed E-state index contributed by atoms with van der Waals surface area (Å²) in [5, 5.41) is 65.8. The number of nitro groups is 3. The minimum absolute atomic E-state index is 0.0216. The van der Waals surface area contributed by atoms with Gasteiger partial charge < -0.3 is 34.6 Å². The number of hydrogen-bond acceptors (Lipinski definition) is 13. The molecule has 4 aromatic rings. The van der Waals surface area contributed by atoms with Crippen LogP contribution < -0.4 is 14.2 Å². The molecule has 316 valence electrons. The second-order valence-electron chi connectivity index (χ2n) is 10.4. The number of halogens is 6. The molecule has 0 saturated heterocycles. The number of para-hydroxylation sites is 1. The number of hydrogen-bond donors (Lipinski definition) is 4. The Labute approximate surface area is 323 Å². The highest BCUT2D eigenvalue weighted by molar-refractivity contribution is 5.94. The van der Waals surface area contributed by atoms with Crippen molar-refractivity contribution in [2.24, 2.45) is 0 Å². The molecule has 59 heavy (non-hydrogen) atoms. The Morgan fingerprint density at radius 3 is 1.42 bits per heavy atom.